The van der Waals surface area contributed by atoms with Crippen LogP contribution < -0.4 is 5.73 Å². The summed E-state index contributed by atoms with van der Waals surface area (Å²) in [6.45, 7) is 0. The first-order chi connectivity index (χ1) is 10.3. The summed E-state index contributed by atoms with van der Waals surface area (Å²) in [5.41, 5.74) is 10.0. The Morgan fingerprint density at radius 3 is 1.71 bits per heavy atom. The smallest absolute Gasteiger partial charge is 0.175 e. The van der Waals surface area contributed by atoms with E-state index in [-0.39, 0.29) is 11.4 Å². The van der Waals surface area contributed by atoms with E-state index >= 15 is 0 Å². The standard InChI is InChI=1S/C17H10N4/c18-9-15(20)16(10-19)21-17-13-7-3-1-5-11(13)12-6-2-4-8-14(12)17/h1-8H,20H2. The van der Waals surface area contributed by atoms with Crippen LogP contribution in [0.15, 0.2) is 64.9 Å². The van der Waals surface area contributed by atoms with Gasteiger partial charge in [-0.25, -0.2) is 4.99 Å². The highest BCUT2D eigenvalue weighted by atomic mass is 14.8. The number of rotatable bonds is 1. The number of nitrogens with two attached hydrogens (primary N) is 1. The first kappa shape index (κ1) is 12.7. The van der Waals surface area contributed by atoms with Gasteiger partial charge in [-0.05, 0) is 11.1 Å². The maximum atomic E-state index is 9.14. The number of hydrogen-bond donors (Lipinski definition) is 1. The second-order valence-electron chi connectivity index (χ2n) is 4.54. The van der Waals surface area contributed by atoms with E-state index < -0.39 is 0 Å². The van der Waals surface area contributed by atoms with Crippen LogP contribution in [0.2, 0.25) is 0 Å². The van der Waals surface area contributed by atoms with Gasteiger partial charge in [0.15, 0.2) is 5.70 Å². The molecule has 2 aromatic rings. The Hall–Kier alpha value is -3.37. The number of allylic oxidation sites excluding steroid dienone is 2. The minimum absolute atomic E-state index is 0.0565. The molecule has 98 valence electrons. The van der Waals surface area contributed by atoms with E-state index in [0.717, 1.165) is 22.3 Å². The normalized spacial score (nSPS) is 12.6. The van der Waals surface area contributed by atoms with Crippen LogP contribution in [-0.2, 0) is 0 Å². The molecule has 0 atom stereocenters. The molecule has 0 fully saturated rings. The van der Waals surface area contributed by atoms with E-state index in [0.29, 0.717) is 5.71 Å². The summed E-state index contributed by atoms with van der Waals surface area (Å²) >= 11 is 0. The van der Waals surface area contributed by atoms with Gasteiger partial charge in [-0.2, -0.15) is 10.5 Å². The van der Waals surface area contributed by atoms with Crippen molar-refractivity contribution in [3.8, 4) is 23.3 Å². The Morgan fingerprint density at radius 2 is 1.29 bits per heavy atom. The molecule has 21 heavy (non-hydrogen) atoms. The van der Waals surface area contributed by atoms with Gasteiger partial charge in [0, 0.05) is 11.1 Å². The van der Waals surface area contributed by atoms with E-state index in [9.17, 15) is 0 Å². The Balaban J connectivity index is 2.30. The second-order valence-corrected chi connectivity index (χ2v) is 4.54. The molecular formula is C17H10N4. The fourth-order valence-electron chi connectivity index (χ4n) is 2.42. The predicted molar refractivity (Wildman–Crippen MR) is 80.0 cm³/mol. The molecule has 4 nitrogen and oxygen atoms in total. The summed E-state index contributed by atoms with van der Waals surface area (Å²) < 4.78 is 0. The minimum atomic E-state index is -0.174. The van der Waals surface area contributed by atoms with Gasteiger partial charge >= 0.3 is 0 Å². The topological polar surface area (TPSA) is 86.0 Å². The highest BCUT2D eigenvalue weighted by Crippen LogP contribution is 2.37. The van der Waals surface area contributed by atoms with Crippen molar-refractivity contribution in [2.24, 2.45) is 10.7 Å². The van der Waals surface area contributed by atoms with Crippen LogP contribution in [0.3, 0.4) is 0 Å². The molecule has 0 aliphatic heterocycles. The molecule has 1 aliphatic rings. The van der Waals surface area contributed by atoms with Crippen molar-refractivity contribution in [3.63, 3.8) is 0 Å². The van der Waals surface area contributed by atoms with Crippen LogP contribution in [0.1, 0.15) is 11.1 Å². The Labute approximate surface area is 122 Å². The van der Waals surface area contributed by atoms with Gasteiger partial charge in [0.2, 0.25) is 0 Å². The van der Waals surface area contributed by atoms with Gasteiger partial charge in [0.05, 0.1) is 5.71 Å². The van der Waals surface area contributed by atoms with Crippen molar-refractivity contribution in [2.45, 2.75) is 0 Å². The van der Waals surface area contributed by atoms with E-state index in [1.54, 1.807) is 6.07 Å². The third-order valence-electron chi connectivity index (χ3n) is 3.36. The van der Waals surface area contributed by atoms with Crippen LogP contribution in [0.4, 0.5) is 0 Å². The summed E-state index contributed by atoms with van der Waals surface area (Å²) in [7, 11) is 0. The molecule has 0 heterocycles. The molecule has 0 bridgehead atoms. The highest BCUT2D eigenvalue weighted by Gasteiger charge is 2.24. The number of aliphatic imine (C=N–C) groups is 1. The van der Waals surface area contributed by atoms with Crippen LogP contribution in [0, 0.1) is 22.7 Å². The predicted octanol–water partition coefficient (Wildman–Crippen LogP) is 2.72. The maximum absolute atomic E-state index is 9.14. The first-order valence-corrected chi connectivity index (χ1v) is 6.34. The highest BCUT2D eigenvalue weighted by molar-refractivity contribution is 6.24. The molecule has 0 unspecified atom stereocenters. The van der Waals surface area contributed by atoms with E-state index in [4.69, 9.17) is 16.3 Å². The molecule has 1 aliphatic carbocycles. The largest absolute Gasteiger partial charge is 0.388 e. The van der Waals surface area contributed by atoms with E-state index in [2.05, 4.69) is 4.99 Å². The Bertz CT molecular complexity index is 829. The lowest BCUT2D eigenvalue weighted by Crippen LogP contribution is -2.03. The first-order valence-electron chi connectivity index (χ1n) is 6.34. The van der Waals surface area contributed by atoms with Gasteiger partial charge < -0.3 is 5.73 Å². The van der Waals surface area contributed by atoms with E-state index in [1.165, 1.54) is 0 Å². The Morgan fingerprint density at radius 1 is 0.810 bits per heavy atom. The number of benzene rings is 2. The van der Waals surface area contributed by atoms with Crippen molar-refractivity contribution in [2.75, 3.05) is 0 Å². The van der Waals surface area contributed by atoms with Gasteiger partial charge in [0.1, 0.15) is 17.8 Å². The lowest BCUT2D eigenvalue weighted by molar-refractivity contribution is 1.26. The van der Waals surface area contributed by atoms with Crippen LogP contribution in [-0.4, -0.2) is 5.71 Å². The van der Waals surface area contributed by atoms with E-state index in [1.807, 2.05) is 54.6 Å². The Kier molecular flexibility index (Phi) is 2.99. The van der Waals surface area contributed by atoms with Gasteiger partial charge in [0.25, 0.3) is 0 Å². The zero-order valence-corrected chi connectivity index (χ0v) is 11.0. The van der Waals surface area contributed by atoms with Crippen molar-refractivity contribution in [1.29, 1.82) is 10.5 Å². The molecule has 0 amide bonds. The van der Waals surface area contributed by atoms with Crippen molar-refractivity contribution >= 4 is 5.71 Å². The second kappa shape index (κ2) is 4.96. The average Bonchev–Trinajstić information content (AvgIpc) is 2.86. The zero-order valence-electron chi connectivity index (χ0n) is 11.0. The number of fused-ring (bicyclic) bond motifs is 3. The van der Waals surface area contributed by atoms with Gasteiger partial charge in [-0.15, -0.1) is 0 Å². The van der Waals surface area contributed by atoms with Crippen molar-refractivity contribution < 1.29 is 0 Å². The molecule has 0 radical (unpaired) electrons. The van der Waals surface area contributed by atoms with Crippen LogP contribution >= 0.6 is 0 Å². The molecule has 0 spiro atoms. The minimum Gasteiger partial charge on any atom is -0.388 e. The van der Waals surface area contributed by atoms with Crippen LogP contribution in [0.5, 0.6) is 0 Å². The summed E-state index contributed by atoms with van der Waals surface area (Å²) in [5, 5.41) is 18.0. The number of nitriles is 2. The molecule has 2 aromatic carbocycles. The third-order valence-corrected chi connectivity index (χ3v) is 3.36. The fourth-order valence-corrected chi connectivity index (χ4v) is 2.42. The molecule has 0 saturated heterocycles. The van der Waals surface area contributed by atoms with Crippen molar-refractivity contribution in [3.05, 3.63) is 71.1 Å². The summed E-state index contributed by atoms with van der Waals surface area (Å²) in [4.78, 5) is 4.34. The fraction of sp³-hybridized carbons (Fsp3) is 0. The monoisotopic (exact) mass is 270 g/mol. The van der Waals surface area contributed by atoms with Crippen molar-refractivity contribution in [1.82, 2.24) is 0 Å². The lowest BCUT2D eigenvalue weighted by atomic mass is 10.1. The van der Waals surface area contributed by atoms with Gasteiger partial charge in [-0.1, -0.05) is 48.5 Å². The number of hydrogen-bond acceptors (Lipinski definition) is 4. The molecule has 0 aromatic heterocycles. The molecular weight excluding hydrogens is 260 g/mol. The number of nitrogens with zero attached hydrogens (tertiary/aromatic N) is 3. The average molecular weight is 270 g/mol. The molecule has 4 heteroatoms. The third kappa shape index (κ3) is 1.96. The maximum Gasteiger partial charge on any atom is 0.175 e. The zero-order chi connectivity index (χ0) is 14.8. The summed E-state index contributed by atoms with van der Waals surface area (Å²) in [6, 6.07) is 19.3. The molecule has 3 rings (SSSR count). The van der Waals surface area contributed by atoms with Crippen LogP contribution in [0.25, 0.3) is 11.1 Å². The molecule has 2 N–H and O–H groups in total. The van der Waals surface area contributed by atoms with Gasteiger partial charge in [-0.3, -0.25) is 0 Å². The SMILES string of the molecule is N#CC(N)=C(C#N)N=C1c2ccccc2-c2ccccc21. The molecule has 0 saturated carbocycles. The summed E-state index contributed by atoms with van der Waals surface area (Å²) in [5.74, 6) is 0. The lowest BCUT2D eigenvalue weighted by Gasteiger charge is -2.01. The quantitative estimate of drug-likeness (QED) is 0.690. The summed E-state index contributed by atoms with van der Waals surface area (Å²) in [6.07, 6.45) is 0.